The molecule has 0 aromatic rings. The SMILES string of the molecule is CC\C=C/C=C\C=C/C=C\C=C/CCCC(=O)OCC(COC(=O)CCC/C=C\C/C=C\C/C=C\CC)OC(=O)CC/C=C\C/C=C\CCCCCCCC. The molecule has 0 fully saturated rings. The molecule has 306 valence electrons. The van der Waals surface area contributed by atoms with E-state index in [2.05, 4.69) is 81.5 Å². The molecule has 1 atom stereocenters. The summed E-state index contributed by atoms with van der Waals surface area (Å²) in [5.41, 5.74) is 0. The number of allylic oxidation sites excluding steroid dienone is 20. The Hall–Kier alpha value is -4.19. The van der Waals surface area contributed by atoms with Gasteiger partial charge in [0.15, 0.2) is 6.10 Å². The third-order valence-corrected chi connectivity index (χ3v) is 8.07. The predicted molar refractivity (Wildman–Crippen MR) is 233 cm³/mol. The fourth-order valence-electron chi connectivity index (χ4n) is 4.96. The minimum atomic E-state index is -0.858. The topological polar surface area (TPSA) is 78.9 Å². The maximum absolute atomic E-state index is 12.6. The second-order valence-electron chi connectivity index (χ2n) is 13.2. The number of hydrogen-bond acceptors (Lipinski definition) is 6. The molecule has 6 heteroatoms. The summed E-state index contributed by atoms with van der Waals surface area (Å²) in [5.74, 6) is -1.17. The first-order valence-electron chi connectivity index (χ1n) is 21.1. The highest BCUT2D eigenvalue weighted by molar-refractivity contribution is 5.71. The molecule has 0 rings (SSSR count). The van der Waals surface area contributed by atoms with Crippen molar-refractivity contribution in [3.05, 3.63) is 122 Å². The molecular formula is C49H74O6. The van der Waals surface area contributed by atoms with Crippen molar-refractivity contribution in [2.45, 2.75) is 155 Å². The fourth-order valence-corrected chi connectivity index (χ4v) is 4.96. The monoisotopic (exact) mass is 759 g/mol. The summed E-state index contributed by atoms with van der Waals surface area (Å²) in [6.45, 7) is 6.15. The molecule has 0 radical (unpaired) electrons. The highest BCUT2D eigenvalue weighted by Crippen LogP contribution is 2.09. The van der Waals surface area contributed by atoms with Gasteiger partial charge in [-0.3, -0.25) is 14.4 Å². The molecule has 0 saturated carbocycles. The Labute approximate surface area is 335 Å². The Kier molecular flexibility index (Phi) is 39.3. The minimum absolute atomic E-state index is 0.154. The van der Waals surface area contributed by atoms with Crippen LogP contribution in [0.1, 0.15) is 149 Å². The third kappa shape index (κ3) is 40.8. The normalized spacial score (nSPS) is 13.3. The van der Waals surface area contributed by atoms with Crippen molar-refractivity contribution < 1.29 is 28.6 Å². The molecule has 0 saturated heterocycles. The molecule has 6 nitrogen and oxygen atoms in total. The van der Waals surface area contributed by atoms with Gasteiger partial charge in [0.25, 0.3) is 0 Å². The second kappa shape index (κ2) is 42.6. The van der Waals surface area contributed by atoms with E-state index in [1.165, 1.54) is 38.5 Å². The lowest BCUT2D eigenvalue weighted by Crippen LogP contribution is -2.30. The van der Waals surface area contributed by atoms with Gasteiger partial charge in [-0.25, -0.2) is 0 Å². The number of unbranched alkanes of at least 4 members (excludes halogenated alkanes) is 8. The lowest BCUT2D eigenvalue weighted by atomic mass is 10.1. The van der Waals surface area contributed by atoms with E-state index >= 15 is 0 Å². The van der Waals surface area contributed by atoms with Gasteiger partial charge in [0, 0.05) is 19.3 Å². The van der Waals surface area contributed by atoms with E-state index in [4.69, 9.17) is 14.2 Å². The van der Waals surface area contributed by atoms with Crippen molar-refractivity contribution in [3.63, 3.8) is 0 Å². The zero-order valence-corrected chi connectivity index (χ0v) is 34.6. The maximum atomic E-state index is 12.6. The van der Waals surface area contributed by atoms with Gasteiger partial charge in [0.2, 0.25) is 0 Å². The van der Waals surface area contributed by atoms with Crippen LogP contribution in [0.4, 0.5) is 0 Å². The Morgan fingerprint density at radius 2 is 0.836 bits per heavy atom. The molecule has 0 aromatic carbocycles. The Balaban J connectivity index is 4.68. The van der Waals surface area contributed by atoms with Gasteiger partial charge in [-0.15, -0.1) is 0 Å². The van der Waals surface area contributed by atoms with E-state index in [-0.39, 0.29) is 44.4 Å². The molecule has 0 N–H and O–H groups in total. The summed E-state index contributed by atoms with van der Waals surface area (Å²) in [5, 5.41) is 0. The Bertz CT molecular complexity index is 1240. The first kappa shape index (κ1) is 50.8. The maximum Gasteiger partial charge on any atom is 0.306 e. The number of ether oxygens (including phenoxy) is 3. The third-order valence-electron chi connectivity index (χ3n) is 8.07. The van der Waals surface area contributed by atoms with Crippen molar-refractivity contribution in [3.8, 4) is 0 Å². The minimum Gasteiger partial charge on any atom is -0.462 e. The average molecular weight is 759 g/mol. The number of carbonyl (C=O) groups excluding carboxylic acids is 3. The van der Waals surface area contributed by atoms with Crippen molar-refractivity contribution in [1.82, 2.24) is 0 Å². The summed E-state index contributed by atoms with van der Waals surface area (Å²) in [4.78, 5) is 37.5. The average Bonchev–Trinajstić information content (AvgIpc) is 3.18. The van der Waals surface area contributed by atoms with E-state index in [0.29, 0.717) is 19.3 Å². The first-order chi connectivity index (χ1) is 27.0. The number of rotatable bonds is 35. The van der Waals surface area contributed by atoms with Gasteiger partial charge in [0.1, 0.15) is 13.2 Å². The van der Waals surface area contributed by atoms with Crippen LogP contribution in [0.15, 0.2) is 122 Å². The van der Waals surface area contributed by atoms with Gasteiger partial charge in [-0.05, 0) is 77.0 Å². The van der Waals surface area contributed by atoms with E-state index in [0.717, 1.165) is 51.4 Å². The summed E-state index contributed by atoms with van der Waals surface area (Å²) < 4.78 is 16.5. The van der Waals surface area contributed by atoms with Crippen LogP contribution in [-0.4, -0.2) is 37.2 Å². The van der Waals surface area contributed by atoms with Gasteiger partial charge in [0.05, 0.1) is 0 Å². The van der Waals surface area contributed by atoms with Crippen LogP contribution in [0.25, 0.3) is 0 Å². The molecule has 0 aromatic heterocycles. The summed E-state index contributed by atoms with van der Waals surface area (Å²) in [6, 6.07) is 0. The summed E-state index contributed by atoms with van der Waals surface area (Å²) in [6.07, 6.45) is 57.8. The van der Waals surface area contributed by atoms with Crippen molar-refractivity contribution in [2.75, 3.05) is 13.2 Å². The van der Waals surface area contributed by atoms with Crippen LogP contribution in [-0.2, 0) is 28.6 Å². The fraction of sp³-hybridized carbons (Fsp3) is 0.531. The van der Waals surface area contributed by atoms with Gasteiger partial charge < -0.3 is 14.2 Å². The molecule has 0 bridgehead atoms. The lowest BCUT2D eigenvalue weighted by Gasteiger charge is -2.18. The van der Waals surface area contributed by atoms with E-state index in [9.17, 15) is 14.4 Å². The second-order valence-corrected chi connectivity index (χ2v) is 13.2. The Morgan fingerprint density at radius 3 is 1.40 bits per heavy atom. The van der Waals surface area contributed by atoms with Crippen LogP contribution in [0.5, 0.6) is 0 Å². The number of carbonyl (C=O) groups is 3. The van der Waals surface area contributed by atoms with Crippen LogP contribution >= 0.6 is 0 Å². The molecule has 0 heterocycles. The zero-order valence-electron chi connectivity index (χ0n) is 34.6. The Morgan fingerprint density at radius 1 is 0.400 bits per heavy atom. The van der Waals surface area contributed by atoms with Crippen LogP contribution in [0.3, 0.4) is 0 Å². The van der Waals surface area contributed by atoms with Crippen molar-refractivity contribution in [2.24, 2.45) is 0 Å². The number of hydrogen-bond donors (Lipinski definition) is 0. The molecule has 0 spiro atoms. The van der Waals surface area contributed by atoms with E-state index in [1.54, 1.807) is 0 Å². The van der Waals surface area contributed by atoms with Gasteiger partial charge >= 0.3 is 17.9 Å². The molecule has 0 aliphatic carbocycles. The zero-order chi connectivity index (χ0) is 40.1. The van der Waals surface area contributed by atoms with Gasteiger partial charge in [-0.2, -0.15) is 0 Å². The molecule has 1 unspecified atom stereocenters. The lowest BCUT2D eigenvalue weighted by molar-refractivity contribution is -0.166. The molecule has 0 amide bonds. The highest BCUT2D eigenvalue weighted by atomic mass is 16.6. The quantitative estimate of drug-likeness (QED) is 0.0210. The highest BCUT2D eigenvalue weighted by Gasteiger charge is 2.19. The van der Waals surface area contributed by atoms with Crippen LogP contribution in [0, 0.1) is 0 Å². The summed E-state index contributed by atoms with van der Waals surface area (Å²) in [7, 11) is 0. The molecule has 0 aliphatic heterocycles. The first-order valence-corrected chi connectivity index (χ1v) is 21.1. The standard InChI is InChI=1S/C49H74O6/c1-4-7-10-13-16-19-22-24-27-30-33-36-39-42-48(51)54-45-46(44-53-47(50)41-38-35-32-29-26-21-18-15-12-9-6-3)55-49(52)43-40-37-34-31-28-25-23-20-17-14-11-8-5-2/h7,9-10,12-13,16,18-19,21-22,24-25,27-30,32-34,37,46H,4-6,8,11,14-15,17,20,23,26,31,35-36,38-45H2,1-3H3/b10-7-,12-9-,16-13-,21-18-,22-19-,27-24-,28-25-,32-29-,33-30-,37-34-. The van der Waals surface area contributed by atoms with Crippen LogP contribution in [0.2, 0.25) is 0 Å². The molecule has 0 aliphatic rings. The van der Waals surface area contributed by atoms with E-state index < -0.39 is 12.1 Å². The molecular weight excluding hydrogens is 685 g/mol. The smallest absolute Gasteiger partial charge is 0.306 e. The van der Waals surface area contributed by atoms with Crippen molar-refractivity contribution in [1.29, 1.82) is 0 Å². The number of esters is 3. The largest absolute Gasteiger partial charge is 0.462 e. The van der Waals surface area contributed by atoms with E-state index in [1.807, 2.05) is 60.8 Å². The predicted octanol–water partition coefficient (Wildman–Crippen LogP) is 13.4. The molecule has 55 heavy (non-hydrogen) atoms. The van der Waals surface area contributed by atoms with Crippen molar-refractivity contribution >= 4 is 17.9 Å². The van der Waals surface area contributed by atoms with Gasteiger partial charge in [-0.1, -0.05) is 174 Å². The summed E-state index contributed by atoms with van der Waals surface area (Å²) >= 11 is 0. The van der Waals surface area contributed by atoms with Crippen LogP contribution < -0.4 is 0 Å².